The van der Waals surface area contributed by atoms with E-state index in [1.165, 1.54) is 16.4 Å². The van der Waals surface area contributed by atoms with Gasteiger partial charge in [0, 0.05) is 98.2 Å². The molecule has 5 aromatic carbocycles. The first kappa shape index (κ1) is 61.7. The summed E-state index contributed by atoms with van der Waals surface area (Å²) in [6, 6.07) is 47.8. The average molecular weight is 901 g/mol. The molecule has 0 saturated carbocycles. The Bertz CT molecular complexity index is 1350. The fraction of sp³-hybridized carbons (Fsp3) is 0.233. The summed E-state index contributed by atoms with van der Waals surface area (Å²) in [4.78, 5) is 0. The molecule has 0 N–H and O–H groups in total. The van der Waals surface area contributed by atoms with Crippen LogP contribution in [0.5, 0.6) is 0 Å². The molecular formula is C43H61O2P2VY2-3. The minimum Gasteiger partial charge on any atom is -0.372 e. The molecule has 5 aromatic rings. The molecule has 0 bridgehead atoms. The van der Waals surface area contributed by atoms with E-state index in [0.29, 0.717) is 0 Å². The molecule has 0 aliphatic heterocycles. The van der Waals surface area contributed by atoms with Gasteiger partial charge in [-0.05, 0) is 38.4 Å². The zero-order chi connectivity index (χ0) is 32.8. The van der Waals surface area contributed by atoms with Gasteiger partial charge in [0.25, 0.3) is 0 Å². The van der Waals surface area contributed by atoms with Crippen LogP contribution in [0.4, 0.5) is 0 Å². The van der Waals surface area contributed by atoms with Crippen molar-refractivity contribution >= 4 is 29.1 Å². The van der Waals surface area contributed by atoms with Gasteiger partial charge in [-0.15, -0.1) is 18.5 Å². The SMILES string of the molecule is CC.CC.CC.COC(c1ccccc1)(c1ccccc1)c1ccc(P)cc1.COC(c1ccccc1)c1ccc(P)cc1.[CH3-].[CH3-].[CH3-].[V].[Y].[Y]. The molecule has 269 valence electrons. The number of benzene rings is 5. The van der Waals surface area contributed by atoms with Gasteiger partial charge in [-0.2, -0.15) is 0 Å². The third-order valence-corrected chi connectivity index (χ3v) is 7.33. The van der Waals surface area contributed by atoms with E-state index in [2.05, 4.69) is 128 Å². The summed E-state index contributed by atoms with van der Waals surface area (Å²) in [6.45, 7) is 12.0. The number of hydrogen-bond acceptors (Lipinski definition) is 2. The molecule has 3 radical (unpaired) electrons. The molecule has 0 amide bonds. The van der Waals surface area contributed by atoms with E-state index in [-0.39, 0.29) is 112 Å². The summed E-state index contributed by atoms with van der Waals surface area (Å²) in [7, 11) is 8.93. The van der Waals surface area contributed by atoms with E-state index in [1.807, 2.05) is 71.9 Å². The van der Waals surface area contributed by atoms with Crippen LogP contribution in [0.15, 0.2) is 140 Å². The van der Waals surface area contributed by atoms with Gasteiger partial charge in [-0.3, -0.25) is 0 Å². The van der Waals surface area contributed by atoms with Gasteiger partial charge in [0.05, 0.1) is 0 Å². The Morgan fingerprint density at radius 2 is 0.720 bits per heavy atom. The van der Waals surface area contributed by atoms with Crippen molar-refractivity contribution in [2.45, 2.75) is 53.2 Å². The molecule has 50 heavy (non-hydrogen) atoms. The minimum atomic E-state index is -0.596. The molecule has 0 aliphatic carbocycles. The van der Waals surface area contributed by atoms with Crippen LogP contribution in [0.3, 0.4) is 0 Å². The number of methoxy groups -OCH3 is 2. The molecule has 3 atom stereocenters. The molecule has 0 heterocycles. The molecule has 3 unspecified atom stereocenters. The van der Waals surface area contributed by atoms with Crippen molar-refractivity contribution in [1.82, 2.24) is 0 Å². The third kappa shape index (κ3) is 18.6. The maximum atomic E-state index is 6.13. The molecule has 0 fully saturated rings. The maximum absolute atomic E-state index is 6.13. The minimum absolute atomic E-state index is 0. The smallest absolute Gasteiger partial charge is 0.143 e. The molecule has 0 spiro atoms. The summed E-state index contributed by atoms with van der Waals surface area (Å²) in [5, 5.41) is 2.35. The second kappa shape index (κ2) is 37.0. The van der Waals surface area contributed by atoms with Crippen molar-refractivity contribution in [2.24, 2.45) is 0 Å². The summed E-state index contributed by atoms with van der Waals surface area (Å²) < 4.78 is 11.7. The van der Waals surface area contributed by atoms with Gasteiger partial charge < -0.3 is 31.8 Å². The Labute approximate surface area is 375 Å². The third-order valence-electron chi connectivity index (χ3n) is 6.56. The van der Waals surface area contributed by atoms with Gasteiger partial charge in [-0.1, -0.05) is 181 Å². The van der Waals surface area contributed by atoms with Gasteiger partial charge >= 0.3 is 0 Å². The molecule has 0 aromatic heterocycles. The first-order valence-electron chi connectivity index (χ1n) is 15.5. The molecule has 5 rings (SSSR count). The summed E-state index contributed by atoms with van der Waals surface area (Å²) in [6.07, 6.45) is 0.0202. The Balaban J connectivity index is -0.000000156. The largest absolute Gasteiger partial charge is 0.372 e. The predicted molar refractivity (Wildman–Crippen MR) is 220 cm³/mol. The van der Waals surface area contributed by atoms with E-state index in [4.69, 9.17) is 9.47 Å². The average Bonchev–Trinajstić information content (AvgIpc) is 3.12. The van der Waals surface area contributed by atoms with Crippen LogP contribution in [0.25, 0.3) is 0 Å². The van der Waals surface area contributed by atoms with E-state index < -0.39 is 5.60 Å². The number of ether oxygens (including phenoxy) is 2. The van der Waals surface area contributed by atoms with E-state index in [9.17, 15) is 0 Å². The van der Waals surface area contributed by atoms with Crippen LogP contribution >= 0.6 is 18.5 Å². The van der Waals surface area contributed by atoms with E-state index in [0.717, 1.165) is 22.0 Å². The summed E-state index contributed by atoms with van der Waals surface area (Å²) in [5.41, 5.74) is 5.14. The second-order valence-corrected chi connectivity index (χ2v) is 10.3. The van der Waals surface area contributed by atoms with E-state index >= 15 is 0 Å². The van der Waals surface area contributed by atoms with Crippen LogP contribution in [0.2, 0.25) is 0 Å². The zero-order valence-electron chi connectivity index (χ0n) is 32.4. The Morgan fingerprint density at radius 3 is 1.04 bits per heavy atom. The molecular weight excluding hydrogens is 839 g/mol. The van der Waals surface area contributed by atoms with Gasteiger partial charge in [0.15, 0.2) is 0 Å². The molecule has 0 saturated heterocycles. The van der Waals surface area contributed by atoms with Gasteiger partial charge in [-0.25, -0.2) is 0 Å². The Kier molecular flexibility index (Phi) is 45.7. The molecule has 2 nitrogen and oxygen atoms in total. The van der Waals surface area contributed by atoms with Crippen LogP contribution in [-0.4, -0.2) is 14.2 Å². The fourth-order valence-electron chi connectivity index (χ4n) is 4.68. The van der Waals surface area contributed by atoms with Crippen LogP contribution in [0, 0.1) is 22.3 Å². The van der Waals surface area contributed by atoms with Crippen LogP contribution in [-0.2, 0) is 99.0 Å². The van der Waals surface area contributed by atoms with Crippen LogP contribution in [0.1, 0.15) is 75.5 Å². The monoisotopic (exact) mass is 900 g/mol. The summed E-state index contributed by atoms with van der Waals surface area (Å²) in [5.74, 6) is 0. The van der Waals surface area contributed by atoms with Crippen molar-refractivity contribution in [3.05, 3.63) is 190 Å². The predicted octanol–water partition coefficient (Wildman–Crippen LogP) is 11.5. The second-order valence-electron chi connectivity index (χ2n) is 8.93. The van der Waals surface area contributed by atoms with Crippen molar-refractivity contribution in [3.63, 3.8) is 0 Å². The normalized spacial score (nSPS) is 9.32. The van der Waals surface area contributed by atoms with Crippen molar-refractivity contribution in [2.75, 3.05) is 14.2 Å². The standard InChI is InChI=1S/C20H19OP.C14H15OP.3C2H6.3CH3.V.2Y/c1-21-20(16-8-4-2-5-9-16,17-10-6-3-7-11-17)18-12-14-19(22)15-13-18;1-15-14(11-5-3-2-4-6-11)12-7-9-13(16)10-8-12;3*1-2;;;;;;/h2-15H,22H2,1H3;2-10,14H,16H2,1H3;3*1-2H3;3*1H3;;;/q;;;;;3*-1;;;. The summed E-state index contributed by atoms with van der Waals surface area (Å²) >= 11 is 0. The van der Waals surface area contributed by atoms with Crippen molar-refractivity contribution in [3.8, 4) is 0 Å². The first-order valence-corrected chi connectivity index (χ1v) is 16.7. The molecule has 7 heteroatoms. The van der Waals surface area contributed by atoms with Crippen molar-refractivity contribution in [1.29, 1.82) is 0 Å². The van der Waals surface area contributed by atoms with Gasteiger partial charge in [0.2, 0.25) is 0 Å². The van der Waals surface area contributed by atoms with Crippen LogP contribution < -0.4 is 10.6 Å². The van der Waals surface area contributed by atoms with Gasteiger partial charge in [0.1, 0.15) is 11.7 Å². The Morgan fingerprint density at radius 1 is 0.440 bits per heavy atom. The maximum Gasteiger partial charge on any atom is 0.143 e. The quantitative estimate of drug-likeness (QED) is 0.0921. The molecule has 0 aliphatic rings. The number of rotatable bonds is 7. The number of hydrogen-bond donors (Lipinski definition) is 0. The topological polar surface area (TPSA) is 18.5 Å². The fourth-order valence-corrected chi connectivity index (χ4v) is 5.07. The van der Waals surface area contributed by atoms with Crippen molar-refractivity contribution < 1.29 is 93.4 Å². The zero-order valence-corrected chi connectivity index (χ0v) is 41.8. The van der Waals surface area contributed by atoms with E-state index in [1.54, 1.807) is 14.2 Å². The Hall–Kier alpha value is -0.328. The first-order chi connectivity index (χ1) is 21.6.